The summed E-state index contributed by atoms with van der Waals surface area (Å²) < 4.78 is 0. The van der Waals surface area contributed by atoms with Gasteiger partial charge in [-0.05, 0) is 48.8 Å². The lowest BCUT2D eigenvalue weighted by atomic mass is 9.81. The molecule has 0 saturated heterocycles. The number of phenols is 1. The molecular weight excluding hydrogens is 240 g/mol. The van der Waals surface area contributed by atoms with Gasteiger partial charge in [-0.25, -0.2) is 0 Å². The van der Waals surface area contributed by atoms with E-state index < -0.39 is 0 Å². The van der Waals surface area contributed by atoms with Gasteiger partial charge in [-0.3, -0.25) is 0 Å². The summed E-state index contributed by atoms with van der Waals surface area (Å²) >= 11 is 3.49. The second kappa shape index (κ2) is 4.35. The molecule has 0 spiro atoms. The fraction of sp³-hybridized carbons (Fsp3) is 0.500. The zero-order valence-corrected chi connectivity index (χ0v) is 9.76. The Balaban J connectivity index is 2.34. The van der Waals surface area contributed by atoms with Gasteiger partial charge in [0.2, 0.25) is 0 Å². The van der Waals surface area contributed by atoms with E-state index in [9.17, 15) is 5.11 Å². The minimum Gasteiger partial charge on any atom is -0.508 e. The average molecular weight is 255 g/mol. The molecule has 1 N–H and O–H groups in total. The molecule has 0 heterocycles. The van der Waals surface area contributed by atoms with E-state index in [0.717, 1.165) is 11.8 Å². The maximum Gasteiger partial charge on any atom is 0.119 e. The van der Waals surface area contributed by atoms with Crippen molar-refractivity contribution in [2.45, 2.75) is 31.6 Å². The topological polar surface area (TPSA) is 20.2 Å². The van der Waals surface area contributed by atoms with Crippen LogP contribution in [0.15, 0.2) is 18.2 Å². The molecule has 76 valence electrons. The molecular formula is C12H15BrO. The van der Waals surface area contributed by atoms with Crippen LogP contribution in [0.25, 0.3) is 0 Å². The number of fused-ring (bicyclic) bond motifs is 1. The largest absolute Gasteiger partial charge is 0.508 e. The van der Waals surface area contributed by atoms with Gasteiger partial charge in [0.1, 0.15) is 5.75 Å². The van der Waals surface area contributed by atoms with Crippen LogP contribution in [0.3, 0.4) is 0 Å². The molecule has 1 aromatic carbocycles. The maximum atomic E-state index is 9.73. The number of benzene rings is 1. The van der Waals surface area contributed by atoms with Crippen LogP contribution in [0.2, 0.25) is 0 Å². The van der Waals surface area contributed by atoms with E-state index in [1.807, 2.05) is 6.07 Å². The van der Waals surface area contributed by atoms with Crippen molar-refractivity contribution >= 4 is 15.9 Å². The van der Waals surface area contributed by atoms with E-state index in [0.29, 0.717) is 11.7 Å². The third kappa shape index (κ3) is 1.81. The second-order valence-electron chi connectivity index (χ2n) is 3.91. The van der Waals surface area contributed by atoms with Crippen molar-refractivity contribution in [1.82, 2.24) is 0 Å². The van der Waals surface area contributed by atoms with E-state index >= 15 is 0 Å². The van der Waals surface area contributed by atoms with Gasteiger partial charge >= 0.3 is 0 Å². The lowest BCUT2D eigenvalue weighted by Crippen LogP contribution is -2.10. The Labute approximate surface area is 93.3 Å². The van der Waals surface area contributed by atoms with Crippen LogP contribution in [0.1, 0.15) is 36.3 Å². The maximum absolute atomic E-state index is 9.73. The summed E-state index contributed by atoms with van der Waals surface area (Å²) in [5.41, 5.74) is 2.56. The van der Waals surface area contributed by atoms with Gasteiger partial charge in [0.25, 0.3) is 0 Å². The number of hydrogen-bond donors (Lipinski definition) is 1. The summed E-state index contributed by atoms with van der Waals surface area (Å²) in [6.07, 6.45) is 4.70. The molecule has 1 aromatic rings. The monoisotopic (exact) mass is 254 g/mol. The average Bonchev–Trinajstić information content (AvgIpc) is 2.20. The highest BCUT2D eigenvalue weighted by molar-refractivity contribution is 9.09. The van der Waals surface area contributed by atoms with E-state index in [1.54, 1.807) is 6.07 Å². The van der Waals surface area contributed by atoms with E-state index in [1.165, 1.54) is 30.4 Å². The quantitative estimate of drug-likeness (QED) is 0.800. The summed E-state index contributed by atoms with van der Waals surface area (Å²) in [7, 11) is 0. The smallest absolute Gasteiger partial charge is 0.119 e. The number of halogens is 1. The number of aromatic hydroxyl groups is 1. The van der Waals surface area contributed by atoms with Gasteiger partial charge in [-0.1, -0.05) is 28.1 Å². The van der Waals surface area contributed by atoms with Gasteiger partial charge in [0, 0.05) is 5.33 Å². The van der Waals surface area contributed by atoms with Crippen LogP contribution < -0.4 is 0 Å². The lowest BCUT2D eigenvalue weighted by molar-refractivity contribution is 0.452. The molecule has 14 heavy (non-hydrogen) atoms. The van der Waals surface area contributed by atoms with Crippen LogP contribution in [0, 0.1) is 0 Å². The minimum absolute atomic E-state index is 0.488. The molecule has 1 aliphatic carbocycles. The van der Waals surface area contributed by atoms with Crippen LogP contribution >= 0.6 is 15.9 Å². The van der Waals surface area contributed by atoms with Gasteiger partial charge in [0.15, 0.2) is 0 Å². The Morgan fingerprint density at radius 1 is 1.43 bits per heavy atom. The van der Waals surface area contributed by atoms with E-state index in [4.69, 9.17) is 0 Å². The van der Waals surface area contributed by atoms with E-state index in [-0.39, 0.29) is 0 Å². The normalized spacial score (nSPS) is 20.5. The molecule has 0 aliphatic heterocycles. The first-order valence-electron chi connectivity index (χ1n) is 5.19. The molecule has 1 atom stereocenters. The zero-order valence-electron chi connectivity index (χ0n) is 8.17. The Hall–Kier alpha value is -0.500. The summed E-state index contributed by atoms with van der Waals surface area (Å²) in [4.78, 5) is 0. The van der Waals surface area contributed by atoms with Crippen LogP contribution in [0.5, 0.6) is 5.75 Å². The number of alkyl halides is 1. The van der Waals surface area contributed by atoms with Gasteiger partial charge in [0.05, 0.1) is 0 Å². The van der Waals surface area contributed by atoms with Gasteiger partial charge in [-0.2, -0.15) is 0 Å². The Bertz CT molecular complexity index is 322. The van der Waals surface area contributed by atoms with Crippen molar-refractivity contribution in [2.75, 3.05) is 5.33 Å². The van der Waals surface area contributed by atoms with Crippen LogP contribution in [-0.4, -0.2) is 10.4 Å². The summed E-state index contributed by atoms with van der Waals surface area (Å²) in [6.45, 7) is 0. The first kappa shape index (κ1) is 10.0. The molecule has 1 aliphatic rings. The Morgan fingerprint density at radius 3 is 3.07 bits per heavy atom. The molecule has 2 rings (SSSR count). The highest BCUT2D eigenvalue weighted by atomic mass is 79.9. The number of phenolic OH excluding ortho intramolecular Hbond substituents is 1. The molecule has 1 unspecified atom stereocenters. The van der Waals surface area contributed by atoms with Crippen molar-refractivity contribution in [3.8, 4) is 5.75 Å². The highest BCUT2D eigenvalue weighted by Gasteiger charge is 2.21. The molecule has 1 nitrogen and oxygen atoms in total. The Morgan fingerprint density at radius 2 is 2.29 bits per heavy atom. The molecule has 0 fully saturated rings. The fourth-order valence-corrected chi connectivity index (χ4v) is 2.91. The zero-order chi connectivity index (χ0) is 9.97. The minimum atomic E-state index is 0.488. The van der Waals surface area contributed by atoms with Crippen molar-refractivity contribution in [3.05, 3.63) is 29.3 Å². The lowest BCUT2D eigenvalue weighted by Gasteiger charge is -2.25. The summed E-state index contributed by atoms with van der Waals surface area (Å²) in [6, 6.07) is 5.93. The molecule has 0 bridgehead atoms. The first-order chi connectivity index (χ1) is 6.83. The Kier molecular flexibility index (Phi) is 3.12. The molecule has 0 radical (unpaired) electrons. The first-order valence-corrected chi connectivity index (χ1v) is 6.32. The van der Waals surface area contributed by atoms with Crippen molar-refractivity contribution < 1.29 is 5.11 Å². The van der Waals surface area contributed by atoms with Crippen molar-refractivity contribution in [3.63, 3.8) is 0 Å². The third-order valence-electron chi connectivity index (χ3n) is 3.06. The van der Waals surface area contributed by atoms with Crippen molar-refractivity contribution in [2.24, 2.45) is 0 Å². The number of rotatable bonds is 2. The highest BCUT2D eigenvalue weighted by Crippen LogP contribution is 2.37. The van der Waals surface area contributed by atoms with Gasteiger partial charge in [-0.15, -0.1) is 0 Å². The summed E-state index contributed by atoms with van der Waals surface area (Å²) in [5.74, 6) is 1.13. The van der Waals surface area contributed by atoms with Gasteiger partial charge < -0.3 is 5.11 Å². The molecule has 0 saturated carbocycles. The van der Waals surface area contributed by atoms with Crippen LogP contribution in [0.4, 0.5) is 0 Å². The fourth-order valence-electron chi connectivity index (χ4n) is 2.36. The van der Waals surface area contributed by atoms with E-state index in [2.05, 4.69) is 22.0 Å². The molecule has 0 aromatic heterocycles. The standard InChI is InChI=1S/C12H15BrO/c13-8-7-9-3-1-5-11-10(9)4-2-6-12(11)14/h2,4,6,9,14H,1,3,5,7-8H2. The number of hydrogen-bond acceptors (Lipinski definition) is 1. The predicted octanol–water partition coefficient (Wildman–Crippen LogP) is 3.60. The SMILES string of the molecule is Oc1cccc2c1CCCC2CCBr. The summed E-state index contributed by atoms with van der Waals surface area (Å²) in [5, 5.41) is 10.8. The molecule has 2 heteroatoms. The molecule has 0 amide bonds. The predicted molar refractivity (Wildman–Crippen MR) is 62.2 cm³/mol. The van der Waals surface area contributed by atoms with Crippen LogP contribution in [-0.2, 0) is 6.42 Å². The van der Waals surface area contributed by atoms with Crippen molar-refractivity contribution in [1.29, 1.82) is 0 Å². The third-order valence-corrected chi connectivity index (χ3v) is 3.52. The second-order valence-corrected chi connectivity index (χ2v) is 4.70.